The van der Waals surface area contributed by atoms with Crippen molar-refractivity contribution in [3.8, 4) is 0 Å². The topological polar surface area (TPSA) is 50.4 Å². The van der Waals surface area contributed by atoms with Gasteiger partial charge in [-0.1, -0.05) is 13.8 Å². The number of thiol groups is 4. The Bertz CT molecular complexity index is 144. The molecule has 0 unspecified atom stereocenters. The molecule has 0 saturated carbocycles. The van der Waals surface area contributed by atoms with Gasteiger partial charge in [-0.05, 0) is 13.1 Å². The summed E-state index contributed by atoms with van der Waals surface area (Å²) < 4.78 is 3.19. The lowest BCUT2D eigenvalue weighted by Crippen LogP contribution is -2.28. The fourth-order valence-electron chi connectivity index (χ4n) is 0.485. The van der Waals surface area contributed by atoms with Gasteiger partial charge in [-0.25, -0.2) is 4.79 Å². The van der Waals surface area contributed by atoms with Crippen LogP contribution in [0.3, 0.4) is 0 Å². The fraction of sp³-hybridized carbons (Fsp3) is 0.857. The van der Waals surface area contributed by atoms with E-state index in [4.69, 9.17) is 0 Å². The first-order valence-corrected chi connectivity index (χ1v) is 6.40. The largest absolute Gasteiger partial charge is 0.425 e. The second-order valence-electron chi connectivity index (χ2n) is 2.21. The van der Waals surface area contributed by atoms with Crippen molar-refractivity contribution in [2.75, 3.05) is 13.1 Å². The Morgan fingerprint density at radius 2 is 1.67 bits per heavy atom. The van der Waals surface area contributed by atoms with E-state index in [1.54, 1.807) is 0 Å². The minimum atomic E-state index is -0.722. The van der Waals surface area contributed by atoms with Gasteiger partial charge in [0.1, 0.15) is 4.71 Å². The van der Waals surface area contributed by atoms with Gasteiger partial charge in [0.15, 0.2) is 4.77 Å². The monoisotopic (exact) mass is 290 g/mol. The highest BCUT2D eigenvalue weighted by Gasteiger charge is 2.06. The van der Waals surface area contributed by atoms with Gasteiger partial charge in [0.05, 0.1) is 0 Å². The lowest BCUT2D eigenvalue weighted by molar-refractivity contribution is 0.160. The summed E-state index contributed by atoms with van der Waals surface area (Å²) in [5, 5.41) is 5.35. The van der Waals surface area contributed by atoms with Gasteiger partial charge in [0.25, 0.3) is 0 Å². The maximum absolute atomic E-state index is 10.5. The molecule has 0 radical (unpaired) electrons. The third-order valence-electron chi connectivity index (χ3n) is 0.959. The highest BCUT2D eigenvalue weighted by atomic mass is 32.2. The van der Waals surface area contributed by atoms with Crippen molar-refractivity contribution in [2.45, 2.75) is 23.3 Å². The zero-order chi connectivity index (χ0) is 12.3. The number of rotatable bonds is 4. The summed E-state index contributed by atoms with van der Waals surface area (Å²) in [7, 11) is 0. The van der Waals surface area contributed by atoms with Crippen molar-refractivity contribution in [1.29, 1.82) is 0 Å². The molecule has 0 atom stereocenters. The van der Waals surface area contributed by atoms with Crippen LogP contribution >= 0.6 is 50.5 Å². The number of nitrogens with one attached hydrogen (secondary N) is 2. The first kappa shape index (κ1) is 18.0. The van der Waals surface area contributed by atoms with Gasteiger partial charge >= 0.3 is 6.09 Å². The van der Waals surface area contributed by atoms with Gasteiger partial charge in [-0.2, -0.15) is 0 Å². The lowest BCUT2D eigenvalue weighted by Gasteiger charge is -2.08. The molecule has 0 aliphatic heterocycles. The van der Waals surface area contributed by atoms with Crippen molar-refractivity contribution in [3.05, 3.63) is 0 Å². The van der Waals surface area contributed by atoms with E-state index in [0.29, 0.717) is 0 Å². The summed E-state index contributed by atoms with van der Waals surface area (Å²) in [5.74, 6) is 0. The molecule has 4 nitrogen and oxygen atoms in total. The van der Waals surface area contributed by atoms with Crippen molar-refractivity contribution in [1.82, 2.24) is 10.6 Å². The van der Waals surface area contributed by atoms with Crippen LogP contribution in [0.5, 0.6) is 0 Å². The zero-order valence-corrected chi connectivity index (χ0v) is 12.3. The highest BCUT2D eigenvalue weighted by Crippen LogP contribution is 2.03. The maximum Gasteiger partial charge on any atom is 0.410 e. The Morgan fingerprint density at radius 1 is 1.20 bits per heavy atom. The van der Waals surface area contributed by atoms with E-state index in [9.17, 15) is 4.79 Å². The molecule has 0 aromatic carbocycles. The SMILES string of the molecule is CCNCC.O=C(NC(S)S)OC(S)S. The zero-order valence-electron chi connectivity index (χ0n) is 8.67. The first-order valence-electron chi connectivity index (χ1n) is 4.34. The number of carbonyl (C=O) groups excluding carboxylic acids is 1. The molecule has 0 rings (SSSR count). The van der Waals surface area contributed by atoms with E-state index in [-0.39, 0.29) is 0 Å². The van der Waals surface area contributed by atoms with Crippen LogP contribution in [0.15, 0.2) is 0 Å². The van der Waals surface area contributed by atoms with Crippen molar-refractivity contribution >= 4 is 56.6 Å². The van der Waals surface area contributed by atoms with E-state index >= 15 is 0 Å². The van der Waals surface area contributed by atoms with Gasteiger partial charge in [-0.3, -0.25) is 0 Å². The van der Waals surface area contributed by atoms with Crippen LogP contribution in [0.2, 0.25) is 0 Å². The molecular formula is C7H18N2O2S4. The Kier molecular flexibility index (Phi) is 15.2. The number of ether oxygens (including phenoxy) is 1. The van der Waals surface area contributed by atoms with Crippen LogP contribution in [-0.2, 0) is 4.74 Å². The molecule has 0 aliphatic rings. The standard InChI is InChI=1S/C4H11N.C3H7NO2S4/c1-3-5-4-2;5-1(4-2(7)8)6-3(9)10/h5H,3-4H2,1-2H3;2-3,7-10H,(H,4,5). The van der Waals surface area contributed by atoms with Crippen LogP contribution < -0.4 is 10.6 Å². The number of alkyl carbamates (subject to hydrolysis) is 1. The lowest BCUT2D eigenvalue weighted by atomic mass is 10.7. The molecular weight excluding hydrogens is 272 g/mol. The third kappa shape index (κ3) is 20.7. The molecule has 8 heteroatoms. The Labute approximate surface area is 113 Å². The quantitative estimate of drug-likeness (QED) is 0.352. The van der Waals surface area contributed by atoms with Crippen molar-refractivity contribution in [2.24, 2.45) is 0 Å². The summed E-state index contributed by atoms with van der Waals surface area (Å²) in [5.41, 5.74) is 0. The smallest absolute Gasteiger partial charge is 0.410 e. The van der Waals surface area contributed by atoms with E-state index in [1.165, 1.54) is 0 Å². The number of hydrogen-bond donors (Lipinski definition) is 6. The van der Waals surface area contributed by atoms with Crippen molar-refractivity contribution in [3.63, 3.8) is 0 Å². The summed E-state index contributed by atoms with van der Waals surface area (Å²) in [6.07, 6.45) is -0.648. The molecule has 92 valence electrons. The van der Waals surface area contributed by atoms with E-state index < -0.39 is 15.6 Å². The Hall–Kier alpha value is 0.630. The molecule has 15 heavy (non-hydrogen) atoms. The molecule has 0 aromatic heterocycles. The second kappa shape index (κ2) is 12.7. The molecule has 0 bridgehead atoms. The first-order chi connectivity index (χ1) is 6.93. The summed E-state index contributed by atoms with van der Waals surface area (Å²) in [6.45, 7) is 6.39. The molecule has 0 saturated heterocycles. The average Bonchev–Trinajstić information content (AvgIpc) is 2.03. The predicted octanol–water partition coefficient (Wildman–Crippen LogP) is 1.61. The van der Waals surface area contributed by atoms with E-state index in [2.05, 4.69) is 79.7 Å². The number of hydrogen-bond acceptors (Lipinski definition) is 7. The Morgan fingerprint density at radius 3 is 1.87 bits per heavy atom. The summed E-state index contributed by atoms with van der Waals surface area (Å²) in [4.78, 5) is 10.5. The van der Waals surface area contributed by atoms with Crippen LogP contribution in [0.1, 0.15) is 13.8 Å². The summed E-state index contributed by atoms with van der Waals surface area (Å²) >= 11 is 14.9. The van der Waals surface area contributed by atoms with E-state index in [1.807, 2.05) is 0 Å². The van der Waals surface area contributed by atoms with Gasteiger partial charge in [0, 0.05) is 0 Å². The molecule has 0 heterocycles. The maximum atomic E-state index is 10.5. The molecule has 0 aromatic rings. The molecule has 0 spiro atoms. The summed E-state index contributed by atoms with van der Waals surface area (Å²) in [6, 6.07) is 0. The predicted molar refractivity (Wildman–Crippen MR) is 77.4 cm³/mol. The van der Waals surface area contributed by atoms with Crippen molar-refractivity contribution < 1.29 is 9.53 Å². The molecule has 2 N–H and O–H groups in total. The van der Waals surface area contributed by atoms with E-state index in [0.717, 1.165) is 13.1 Å². The van der Waals surface area contributed by atoms with Gasteiger partial charge in [-0.15, -0.1) is 50.5 Å². The van der Waals surface area contributed by atoms with Gasteiger partial charge < -0.3 is 15.4 Å². The minimum Gasteiger partial charge on any atom is -0.425 e. The van der Waals surface area contributed by atoms with Crippen LogP contribution in [0.25, 0.3) is 0 Å². The molecule has 0 aliphatic carbocycles. The third-order valence-corrected chi connectivity index (χ3v) is 1.43. The van der Waals surface area contributed by atoms with Crippen LogP contribution in [0.4, 0.5) is 4.79 Å². The van der Waals surface area contributed by atoms with Gasteiger partial charge in [0.2, 0.25) is 0 Å². The van der Waals surface area contributed by atoms with Crippen LogP contribution in [0, 0.1) is 0 Å². The fourth-order valence-corrected chi connectivity index (χ4v) is 0.887. The highest BCUT2D eigenvalue weighted by molar-refractivity contribution is 7.99. The number of amides is 1. The average molecular weight is 291 g/mol. The normalized spacial score (nSPS) is 9.60. The molecule has 1 amide bonds. The molecule has 0 fully saturated rings. The minimum absolute atomic E-state index is 0.534. The Balaban J connectivity index is 0. The second-order valence-corrected chi connectivity index (χ2v) is 4.99. The van der Waals surface area contributed by atoms with Crippen LogP contribution in [-0.4, -0.2) is 28.7 Å². The number of carbonyl (C=O) groups is 1.